The second-order valence-electron chi connectivity index (χ2n) is 1.07. The van der Waals surface area contributed by atoms with Gasteiger partial charge < -0.3 is 0 Å². The van der Waals surface area contributed by atoms with Gasteiger partial charge in [-0.1, -0.05) is 0 Å². The number of halogens is 3. The van der Waals surface area contributed by atoms with E-state index in [1.165, 1.54) is 0 Å². The Morgan fingerprint density at radius 2 is 2.00 bits per heavy atom. The highest BCUT2D eigenvalue weighted by Gasteiger charge is 1.94. The van der Waals surface area contributed by atoms with Gasteiger partial charge in [0.2, 0.25) is 0 Å². The fourth-order valence-electron chi connectivity index (χ4n) is 0.0921. The van der Waals surface area contributed by atoms with Crippen molar-refractivity contribution in [2.24, 2.45) is 0 Å². The number of hydrogen-bond acceptors (Lipinski definition) is 0. The van der Waals surface area contributed by atoms with Crippen molar-refractivity contribution in [2.75, 3.05) is 5.88 Å². The second kappa shape index (κ2) is 2.97. The largest absolute Gasteiger partial charge is 0.209 e. The van der Waals surface area contributed by atoms with Crippen LogP contribution in [-0.2, 0) is 0 Å². The van der Waals surface area contributed by atoms with Crippen molar-refractivity contribution in [1.82, 2.24) is 0 Å². The van der Waals surface area contributed by atoms with E-state index in [1.807, 2.05) is 0 Å². The lowest BCUT2D eigenvalue weighted by Gasteiger charge is -1.84. The van der Waals surface area contributed by atoms with Crippen molar-refractivity contribution in [3.8, 4) is 0 Å². The highest BCUT2D eigenvalue weighted by molar-refractivity contribution is 6.19. The van der Waals surface area contributed by atoms with Crippen molar-refractivity contribution in [1.29, 1.82) is 0 Å². The van der Waals surface area contributed by atoms with Crippen LogP contribution in [0.4, 0.5) is 8.78 Å². The molecule has 0 heterocycles. The van der Waals surface area contributed by atoms with Gasteiger partial charge in [0.05, 0.1) is 5.88 Å². The molecule has 0 aliphatic heterocycles. The first-order valence-corrected chi connectivity index (χ1v) is 2.28. The Kier molecular flexibility index (Phi) is 2.92. The summed E-state index contributed by atoms with van der Waals surface area (Å²) in [6, 6.07) is 0. The fourth-order valence-corrected chi connectivity index (χ4v) is 0.276. The van der Waals surface area contributed by atoms with Gasteiger partial charge in [-0.2, -0.15) is 0 Å². The van der Waals surface area contributed by atoms with E-state index in [-0.39, 0.29) is 5.88 Å². The minimum absolute atomic E-state index is 0.373. The van der Waals surface area contributed by atoms with Crippen LogP contribution in [0.2, 0.25) is 0 Å². The molecule has 0 atom stereocenters. The van der Waals surface area contributed by atoms with Crippen molar-refractivity contribution in [2.45, 2.75) is 6.92 Å². The van der Waals surface area contributed by atoms with E-state index in [4.69, 9.17) is 11.6 Å². The van der Waals surface area contributed by atoms with Crippen molar-refractivity contribution < 1.29 is 8.78 Å². The van der Waals surface area contributed by atoms with E-state index in [1.54, 1.807) is 0 Å². The number of allylic oxidation sites excluding steroid dienone is 2. The van der Waals surface area contributed by atoms with Gasteiger partial charge in [-0.15, -0.1) is 11.6 Å². The van der Waals surface area contributed by atoms with Crippen molar-refractivity contribution in [3.63, 3.8) is 0 Å². The first-order chi connectivity index (χ1) is 3.18. The topological polar surface area (TPSA) is 0 Å². The molecule has 3 heteroatoms. The van der Waals surface area contributed by atoms with E-state index in [2.05, 4.69) is 0 Å². The molecule has 0 aliphatic carbocycles. The Labute approximate surface area is 45.8 Å². The Hall–Kier alpha value is -0.110. The van der Waals surface area contributed by atoms with Crippen LogP contribution in [-0.4, -0.2) is 5.88 Å². The molecule has 0 aliphatic rings. The molecule has 0 aromatic carbocycles. The van der Waals surface area contributed by atoms with Crippen LogP contribution in [0.1, 0.15) is 6.92 Å². The fraction of sp³-hybridized carbons (Fsp3) is 0.500. The first kappa shape index (κ1) is 6.89. The Morgan fingerprint density at radius 3 is 2.00 bits per heavy atom. The number of hydrogen-bond donors (Lipinski definition) is 0. The lowest BCUT2D eigenvalue weighted by atomic mass is 10.5. The van der Waals surface area contributed by atoms with Crippen LogP contribution in [0.25, 0.3) is 0 Å². The van der Waals surface area contributed by atoms with Gasteiger partial charge in [-0.3, -0.25) is 0 Å². The number of rotatable bonds is 1. The Morgan fingerprint density at radius 1 is 1.57 bits per heavy atom. The molecule has 0 saturated carbocycles. The molecule has 0 fully saturated rings. The third kappa shape index (κ3) is 2.57. The van der Waals surface area contributed by atoms with Gasteiger partial charge in [-0.05, 0) is 6.92 Å². The molecule has 0 spiro atoms. The highest BCUT2D eigenvalue weighted by Crippen LogP contribution is 2.06. The highest BCUT2D eigenvalue weighted by atomic mass is 35.5. The maximum atomic E-state index is 11.6. The zero-order chi connectivity index (χ0) is 5.86. The van der Waals surface area contributed by atoms with Gasteiger partial charge in [0.15, 0.2) is 0 Å². The van der Waals surface area contributed by atoms with Gasteiger partial charge in [0.1, 0.15) is 11.7 Å². The molecule has 7 heavy (non-hydrogen) atoms. The predicted molar refractivity (Wildman–Crippen MR) is 25.6 cm³/mol. The zero-order valence-corrected chi connectivity index (χ0v) is 4.60. The van der Waals surface area contributed by atoms with Crippen LogP contribution in [0.5, 0.6) is 0 Å². The van der Waals surface area contributed by atoms with Gasteiger partial charge in [0, 0.05) is 0 Å². The smallest absolute Gasteiger partial charge is 0.146 e. The molecule has 0 amide bonds. The minimum atomic E-state index is -0.887. The maximum absolute atomic E-state index is 11.6. The quantitative estimate of drug-likeness (QED) is 0.474. The third-order valence-electron chi connectivity index (χ3n) is 0.491. The summed E-state index contributed by atoms with van der Waals surface area (Å²) in [6.45, 7) is 1.03. The van der Waals surface area contributed by atoms with Crippen molar-refractivity contribution in [3.05, 3.63) is 11.7 Å². The summed E-state index contributed by atoms with van der Waals surface area (Å²) in [6.07, 6.45) is 0. The number of alkyl halides is 1. The van der Waals surface area contributed by atoms with Crippen LogP contribution in [0, 0.1) is 0 Å². The second-order valence-corrected chi connectivity index (χ2v) is 1.34. The normalized spacial score (nSPS) is 13.7. The van der Waals surface area contributed by atoms with Gasteiger partial charge in [-0.25, -0.2) is 8.78 Å². The average molecular weight is 127 g/mol. The molecule has 0 saturated heterocycles. The monoisotopic (exact) mass is 126 g/mol. The van der Waals surface area contributed by atoms with E-state index in [9.17, 15) is 8.78 Å². The van der Waals surface area contributed by atoms with E-state index < -0.39 is 11.7 Å². The molecule has 0 rings (SSSR count). The molecular weight excluding hydrogens is 121 g/mol. The standard InChI is InChI=1S/C4H5ClF2/c1-3(6)4(7)2-5/h2H2,1H3/b4-3+. The minimum Gasteiger partial charge on any atom is -0.209 e. The predicted octanol–water partition coefficient (Wildman–Crippen LogP) is 2.40. The average Bonchev–Trinajstić information content (AvgIpc) is 1.65. The molecule has 0 aromatic rings. The van der Waals surface area contributed by atoms with Crippen LogP contribution in [0.15, 0.2) is 11.7 Å². The Balaban J connectivity index is 3.72. The molecule has 0 unspecified atom stereocenters. The summed E-state index contributed by atoms with van der Waals surface area (Å²) in [7, 11) is 0. The summed E-state index contributed by atoms with van der Waals surface area (Å²) < 4.78 is 23.1. The Bertz CT molecular complexity index is 83.7. The first-order valence-electron chi connectivity index (χ1n) is 1.75. The molecule has 0 N–H and O–H groups in total. The molecule has 0 nitrogen and oxygen atoms in total. The molecule has 0 bridgehead atoms. The summed E-state index contributed by atoms with van der Waals surface area (Å²) in [5, 5.41) is 0. The SMILES string of the molecule is C/C(F)=C(\F)CCl. The van der Waals surface area contributed by atoms with E-state index >= 15 is 0 Å². The molecule has 0 radical (unpaired) electrons. The lowest BCUT2D eigenvalue weighted by Crippen LogP contribution is -1.74. The molecule has 42 valence electrons. The summed E-state index contributed by atoms with van der Waals surface area (Å²) in [4.78, 5) is 0. The van der Waals surface area contributed by atoms with Crippen molar-refractivity contribution >= 4 is 11.6 Å². The van der Waals surface area contributed by atoms with Crippen LogP contribution in [0.3, 0.4) is 0 Å². The summed E-state index contributed by atoms with van der Waals surface area (Å²) in [5.74, 6) is -2.10. The van der Waals surface area contributed by atoms with E-state index in [0.29, 0.717) is 0 Å². The van der Waals surface area contributed by atoms with Crippen LogP contribution < -0.4 is 0 Å². The zero-order valence-electron chi connectivity index (χ0n) is 3.84. The summed E-state index contributed by atoms with van der Waals surface area (Å²) in [5.41, 5.74) is 0. The van der Waals surface area contributed by atoms with Gasteiger partial charge in [0.25, 0.3) is 0 Å². The van der Waals surface area contributed by atoms with E-state index in [0.717, 1.165) is 6.92 Å². The molecule has 0 aromatic heterocycles. The van der Waals surface area contributed by atoms with Crippen LogP contribution >= 0.6 is 11.6 Å². The van der Waals surface area contributed by atoms with Gasteiger partial charge >= 0.3 is 0 Å². The summed E-state index contributed by atoms with van der Waals surface area (Å²) >= 11 is 4.87. The lowest BCUT2D eigenvalue weighted by molar-refractivity contribution is 0.541. The maximum Gasteiger partial charge on any atom is 0.146 e. The third-order valence-corrected chi connectivity index (χ3v) is 0.726. The molecular formula is C4H5ClF2.